The van der Waals surface area contributed by atoms with E-state index in [1.807, 2.05) is 18.2 Å². The zero-order valence-corrected chi connectivity index (χ0v) is 11.2. The number of fused-ring (bicyclic) bond motifs is 1. The van der Waals surface area contributed by atoms with Gasteiger partial charge in [0.15, 0.2) is 0 Å². The maximum atomic E-state index is 8.34. The Kier molecular flexibility index (Phi) is 3.37. The number of hydrogen-bond donors (Lipinski definition) is 2. The molecule has 0 amide bonds. The lowest BCUT2D eigenvalue weighted by Gasteiger charge is -2.17. The van der Waals surface area contributed by atoms with E-state index in [9.17, 15) is 0 Å². The fourth-order valence-electron chi connectivity index (χ4n) is 1.93. The third kappa shape index (κ3) is 3.35. The lowest BCUT2D eigenvalue weighted by molar-refractivity contribution is 0.415. The van der Waals surface area contributed by atoms with Crippen LogP contribution in [0.15, 0.2) is 30.5 Å². The van der Waals surface area contributed by atoms with Gasteiger partial charge in [0.25, 0.3) is 0 Å². The summed E-state index contributed by atoms with van der Waals surface area (Å²) in [5, 5.41) is 4.02. The molecule has 0 aliphatic rings. The zero-order chi connectivity index (χ0) is 16.4. The van der Waals surface area contributed by atoms with Crippen LogP contribution in [0.5, 0.6) is 5.75 Å². The molecule has 0 aliphatic carbocycles. The highest BCUT2D eigenvalue weighted by molar-refractivity contribution is 5.91. The topological polar surface area (TPSA) is 60.2 Å². The minimum atomic E-state index is -1.78. The van der Waals surface area contributed by atoms with E-state index in [1.165, 1.54) is 0 Å². The number of anilines is 1. The van der Waals surface area contributed by atoms with Gasteiger partial charge in [-0.3, -0.25) is 4.98 Å². The van der Waals surface area contributed by atoms with Crippen LogP contribution in [0.3, 0.4) is 0 Å². The average Bonchev–Trinajstić information content (AvgIpc) is 2.44. The quantitative estimate of drug-likeness (QED) is 0.840. The van der Waals surface area contributed by atoms with Crippen molar-refractivity contribution in [2.45, 2.75) is 25.8 Å². The van der Waals surface area contributed by atoms with E-state index in [1.54, 1.807) is 26.3 Å². The maximum Gasteiger partial charge on any atom is 0.121 e. The van der Waals surface area contributed by atoms with Crippen molar-refractivity contribution in [3.63, 3.8) is 0 Å². The van der Waals surface area contributed by atoms with Crippen LogP contribution in [0.2, 0.25) is 0 Å². The molecule has 2 aromatic rings. The average molecular weight is 262 g/mol. The number of rotatable bonds is 6. The van der Waals surface area contributed by atoms with Gasteiger partial charge in [-0.2, -0.15) is 0 Å². The molecule has 102 valence electrons. The second-order valence-corrected chi connectivity index (χ2v) is 4.36. The van der Waals surface area contributed by atoms with Crippen molar-refractivity contribution in [2.75, 3.05) is 18.9 Å². The van der Waals surface area contributed by atoms with Gasteiger partial charge in [0.1, 0.15) is 5.75 Å². The minimum absolute atomic E-state index is 0.0926. The van der Waals surface area contributed by atoms with Crippen LogP contribution in [-0.2, 0) is 0 Å². The van der Waals surface area contributed by atoms with Crippen molar-refractivity contribution < 1.29 is 8.85 Å². The number of pyridine rings is 1. The molecule has 1 aromatic heterocycles. The number of benzene rings is 1. The summed E-state index contributed by atoms with van der Waals surface area (Å²) in [6.45, 7) is -0.0916. The molecule has 0 saturated carbocycles. The van der Waals surface area contributed by atoms with Gasteiger partial charge in [-0.1, -0.05) is 6.07 Å². The molecule has 2 rings (SSSR count). The van der Waals surface area contributed by atoms with Crippen LogP contribution in [0.1, 0.15) is 23.9 Å². The third-order valence-electron chi connectivity index (χ3n) is 2.91. The fraction of sp³-hybridized carbons (Fsp3) is 0.400. The summed E-state index contributed by atoms with van der Waals surface area (Å²) >= 11 is 0. The third-order valence-corrected chi connectivity index (χ3v) is 2.91. The Morgan fingerprint density at radius 2 is 2.42 bits per heavy atom. The van der Waals surface area contributed by atoms with E-state index in [0.717, 1.165) is 10.9 Å². The standard InChI is InChI=1S/C15H21N3O/c1-11(5-3-7-16)18-14-10-13(19-2)9-12-6-4-8-17-15(12)14/h4,6,8-11,18H,3,5,7,16H2,1-2H3/i7D2,11D. The Morgan fingerprint density at radius 3 is 3.16 bits per heavy atom. The molecule has 0 saturated heterocycles. The molecule has 0 aliphatic heterocycles. The number of nitrogens with one attached hydrogen (secondary N) is 1. The number of hydrogen-bond acceptors (Lipinski definition) is 4. The summed E-state index contributed by atoms with van der Waals surface area (Å²) in [6, 6.07) is 6.38. The lowest BCUT2D eigenvalue weighted by Crippen LogP contribution is -2.17. The Morgan fingerprint density at radius 1 is 1.58 bits per heavy atom. The van der Waals surface area contributed by atoms with Crippen LogP contribution in [0.4, 0.5) is 5.69 Å². The minimum Gasteiger partial charge on any atom is -0.497 e. The first-order chi connectivity index (χ1) is 10.2. The number of nitrogens with two attached hydrogens (primary N) is 1. The normalized spacial score (nSPS) is 17.1. The van der Waals surface area contributed by atoms with Crippen LogP contribution in [0.25, 0.3) is 10.9 Å². The van der Waals surface area contributed by atoms with E-state index in [2.05, 4.69) is 10.3 Å². The molecule has 0 fully saturated rings. The van der Waals surface area contributed by atoms with Crippen LogP contribution >= 0.6 is 0 Å². The predicted molar refractivity (Wildman–Crippen MR) is 79.7 cm³/mol. The van der Waals surface area contributed by atoms with Gasteiger partial charge in [-0.05, 0) is 38.4 Å². The summed E-state index contributed by atoms with van der Waals surface area (Å²) in [5.74, 6) is 0.674. The summed E-state index contributed by atoms with van der Waals surface area (Å²) in [4.78, 5) is 4.35. The first-order valence-electron chi connectivity index (χ1n) is 7.70. The van der Waals surface area contributed by atoms with E-state index in [4.69, 9.17) is 14.6 Å². The molecule has 3 N–H and O–H groups in total. The van der Waals surface area contributed by atoms with E-state index < -0.39 is 12.5 Å². The second kappa shape index (κ2) is 6.38. The highest BCUT2D eigenvalue weighted by Crippen LogP contribution is 2.28. The summed E-state index contributed by atoms with van der Waals surface area (Å²) in [7, 11) is 1.59. The summed E-state index contributed by atoms with van der Waals surface area (Å²) < 4.78 is 28.4. The molecule has 1 heterocycles. The van der Waals surface area contributed by atoms with E-state index >= 15 is 0 Å². The molecule has 19 heavy (non-hydrogen) atoms. The van der Waals surface area contributed by atoms with Crippen molar-refractivity contribution in [1.82, 2.24) is 4.98 Å². The number of methoxy groups -OCH3 is 1. The Bertz CT molecular complexity index is 656. The van der Waals surface area contributed by atoms with Crippen LogP contribution in [0, 0.1) is 0 Å². The van der Waals surface area contributed by atoms with Crippen LogP contribution < -0.4 is 15.8 Å². The van der Waals surface area contributed by atoms with Crippen molar-refractivity contribution in [1.29, 1.82) is 0 Å². The summed E-state index contributed by atoms with van der Waals surface area (Å²) in [6.07, 6.45) is 2.05. The number of aromatic nitrogens is 1. The van der Waals surface area contributed by atoms with Crippen molar-refractivity contribution in [3.8, 4) is 5.75 Å². The van der Waals surface area contributed by atoms with Gasteiger partial charge in [-0.15, -0.1) is 0 Å². The van der Waals surface area contributed by atoms with Crippen molar-refractivity contribution >= 4 is 16.6 Å². The van der Waals surface area contributed by atoms with Gasteiger partial charge in [0, 0.05) is 26.4 Å². The monoisotopic (exact) mass is 262 g/mol. The molecule has 1 unspecified atom stereocenters. The molecule has 0 radical (unpaired) electrons. The largest absolute Gasteiger partial charge is 0.497 e. The fourth-order valence-corrected chi connectivity index (χ4v) is 1.93. The van der Waals surface area contributed by atoms with Crippen molar-refractivity contribution in [2.24, 2.45) is 5.73 Å². The molecule has 1 atom stereocenters. The molecule has 0 bridgehead atoms. The number of nitrogens with zero attached hydrogens (tertiary/aromatic N) is 1. The predicted octanol–water partition coefficient (Wildman–Crippen LogP) is 2.78. The second-order valence-electron chi connectivity index (χ2n) is 4.36. The molecule has 0 spiro atoms. The molecular formula is C15H21N3O. The Hall–Kier alpha value is -1.81. The van der Waals surface area contributed by atoms with Crippen LogP contribution in [-0.4, -0.2) is 24.6 Å². The van der Waals surface area contributed by atoms with Gasteiger partial charge < -0.3 is 15.8 Å². The Labute approximate surface area is 118 Å². The first-order valence-corrected chi connectivity index (χ1v) is 6.20. The lowest BCUT2D eigenvalue weighted by atomic mass is 10.1. The van der Waals surface area contributed by atoms with Gasteiger partial charge in [-0.25, -0.2) is 0 Å². The highest BCUT2D eigenvalue weighted by atomic mass is 16.5. The first kappa shape index (κ1) is 10.0. The maximum absolute atomic E-state index is 8.34. The molecule has 1 aromatic carbocycles. The number of ether oxygens (including phenoxy) is 1. The SMILES string of the molecule is [2H]C([2H])(N)CCC([2H])(C)Nc1cc(OC)cc2cccnc12. The van der Waals surface area contributed by atoms with E-state index in [-0.39, 0.29) is 12.8 Å². The van der Waals surface area contributed by atoms with Crippen molar-refractivity contribution in [3.05, 3.63) is 30.5 Å². The highest BCUT2D eigenvalue weighted by Gasteiger charge is 2.08. The van der Waals surface area contributed by atoms with E-state index in [0.29, 0.717) is 11.4 Å². The molecule has 4 heteroatoms. The summed E-state index contributed by atoms with van der Waals surface area (Å²) in [5.41, 5.74) is 6.80. The molecule has 4 nitrogen and oxygen atoms in total. The van der Waals surface area contributed by atoms with Gasteiger partial charge >= 0.3 is 0 Å². The van der Waals surface area contributed by atoms with Gasteiger partial charge in [0.05, 0.1) is 19.7 Å². The molecular weight excluding hydrogens is 238 g/mol. The Balaban J connectivity index is 2.29. The zero-order valence-electron chi connectivity index (χ0n) is 14.2. The smallest absolute Gasteiger partial charge is 0.121 e. The van der Waals surface area contributed by atoms with Gasteiger partial charge in [0.2, 0.25) is 0 Å².